The van der Waals surface area contributed by atoms with E-state index in [1.165, 1.54) is 0 Å². The molecule has 1 atom stereocenters. The van der Waals surface area contributed by atoms with Gasteiger partial charge in [-0.25, -0.2) is 4.98 Å². The fourth-order valence-corrected chi connectivity index (χ4v) is 1.39. The number of aromatic nitrogens is 1. The van der Waals surface area contributed by atoms with Gasteiger partial charge in [-0.1, -0.05) is 35.6 Å². The second-order valence-electron chi connectivity index (χ2n) is 2.61. The minimum Gasteiger partial charge on any atom is -0.242 e. The third-order valence-corrected chi connectivity index (χ3v) is 1.85. The van der Waals surface area contributed by atoms with Crippen LogP contribution in [0.4, 0.5) is 0 Å². The molecule has 2 nitrogen and oxygen atoms in total. The van der Waals surface area contributed by atoms with Gasteiger partial charge >= 0.3 is 0 Å². The summed E-state index contributed by atoms with van der Waals surface area (Å²) < 4.78 is 0.559. The highest BCUT2D eigenvalue weighted by Gasteiger charge is 2.00. The maximum atomic E-state index is 8.58. The van der Waals surface area contributed by atoms with E-state index in [2.05, 4.69) is 34.5 Å². The first kappa shape index (κ1) is 9.46. The van der Waals surface area contributed by atoms with E-state index >= 15 is 0 Å². The lowest BCUT2D eigenvalue weighted by Crippen LogP contribution is -1.99. The molecule has 0 aliphatic heterocycles. The van der Waals surface area contributed by atoms with Crippen LogP contribution in [-0.4, -0.2) is 8.91 Å². The summed E-state index contributed by atoms with van der Waals surface area (Å²) in [5, 5.41) is 8.58. The lowest BCUT2D eigenvalue weighted by atomic mass is 10.2. The normalized spacial score (nSPS) is 12.1. The van der Waals surface area contributed by atoms with Crippen LogP contribution >= 0.6 is 22.6 Å². The second-order valence-corrected chi connectivity index (χ2v) is 4.74. The van der Waals surface area contributed by atoms with E-state index in [1.807, 2.05) is 18.2 Å². The number of alkyl halides is 1. The summed E-state index contributed by atoms with van der Waals surface area (Å²) in [4.78, 5) is 4.17. The minimum absolute atomic E-state index is 0.504. The van der Waals surface area contributed by atoms with Crippen molar-refractivity contribution in [3.05, 3.63) is 29.6 Å². The summed E-state index contributed by atoms with van der Waals surface area (Å²) in [5.41, 5.74) is 1.50. The molecule has 0 saturated carbocycles. The Morgan fingerprint density at radius 2 is 2.42 bits per heavy atom. The van der Waals surface area contributed by atoms with E-state index in [1.54, 1.807) is 6.07 Å². The molecule has 0 fully saturated rings. The van der Waals surface area contributed by atoms with Gasteiger partial charge in [0.15, 0.2) is 0 Å². The quantitative estimate of drug-likeness (QED) is 0.612. The monoisotopic (exact) mass is 272 g/mol. The molecule has 0 spiro atoms. The Morgan fingerprint density at radius 1 is 1.67 bits per heavy atom. The van der Waals surface area contributed by atoms with Crippen LogP contribution in [0.25, 0.3) is 0 Å². The molecule has 0 amide bonds. The zero-order valence-corrected chi connectivity index (χ0v) is 8.95. The Bertz CT molecular complexity index is 302. The first-order valence-electron chi connectivity index (χ1n) is 3.72. The van der Waals surface area contributed by atoms with Crippen LogP contribution in [0, 0.1) is 11.3 Å². The predicted octanol–water partition coefficient (Wildman–Crippen LogP) is 2.32. The number of nitrogens with zero attached hydrogens (tertiary/aromatic N) is 2. The fourth-order valence-electron chi connectivity index (χ4n) is 0.944. The predicted molar refractivity (Wildman–Crippen MR) is 56.1 cm³/mol. The molecule has 0 bridgehead atoms. The van der Waals surface area contributed by atoms with Crippen LogP contribution in [0.15, 0.2) is 18.2 Å². The number of hydrogen-bond acceptors (Lipinski definition) is 2. The van der Waals surface area contributed by atoms with E-state index in [0.717, 1.165) is 12.1 Å². The van der Waals surface area contributed by atoms with Gasteiger partial charge in [-0.15, -0.1) is 0 Å². The second kappa shape index (κ2) is 4.41. The highest BCUT2D eigenvalue weighted by atomic mass is 127. The van der Waals surface area contributed by atoms with Gasteiger partial charge in [0.25, 0.3) is 0 Å². The summed E-state index contributed by atoms with van der Waals surface area (Å²) in [6.45, 7) is 2.13. The zero-order valence-electron chi connectivity index (χ0n) is 6.79. The number of pyridine rings is 1. The van der Waals surface area contributed by atoms with Gasteiger partial charge in [0, 0.05) is 16.0 Å². The smallest absolute Gasteiger partial charge is 0.140 e. The van der Waals surface area contributed by atoms with Crippen molar-refractivity contribution in [3.8, 4) is 6.07 Å². The van der Waals surface area contributed by atoms with Crippen LogP contribution in [0.1, 0.15) is 18.3 Å². The van der Waals surface area contributed by atoms with Crippen molar-refractivity contribution >= 4 is 22.6 Å². The number of rotatable bonds is 2. The lowest BCUT2D eigenvalue weighted by Gasteiger charge is -2.01. The summed E-state index contributed by atoms with van der Waals surface area (Å²) >= 11 is 2.35. The molecule has 0 aliphatic rings. The molecular formula is C9H9IN2. The molecule has 1 aromatic heterocycles. The van der Waals surface area contributed by atoms with Crippen molar-refractivity contribution in [2.24, 2.45) is 0 Å². The first-order valence-corrected chi connectivity index (χ1v) is 4.97. The van der Waals surface area contributed by atoms with Gasteiger partial charge in [-0.3, -0.25) is 0 Å². The molecule has 0 saturated heterocycles. The van der Waals surface area contributed by atoms with E-state index in [9.17, 15) is 0 Å². The molecule has 0 radical (unpaired) electrons. The summed E-state index contributed by atoms with van der Waals surface area (Å²) in [6, 6.07) is 7.58. The van der Waals surface area contributed by atoms with Crippen LogP contribution < -0.4 is 0 Å². The SMILES string of the molecule is CC(I)Cc1cccc(C#N)n1. The third kappa shape index (κ3) is 2.78. The molecule has 62 valence electrons. The average molecular weight is 272 g/mol. The number of nitriles is 1. The molecule has 1 aromatic rings. The summed E-state index contributed by atoms with van der Waals surface area (Å²) in [7, 11) is 0. The third-order valence-electron chi connectivity index (χ3n) is 1.41. The van der Waals surface area contributed by atoms with Gasteiger partial charge in [-0.2, -0.15) is 5.26 Å². The van der Waals surface area contributed by atoms with Gasteiger partial charge in [0.05, 0.1) is 0 Å². The Labute approximate surface area is 85.8 Å². The van der Waals surface area contributed by atoms with E-state index in [0.29, 0.717) is 9.62 Å². The van der Waals surface area contributed by atoms with Gasteiger partial charge in [0.2, 0.25) is 0 Å². The highest BCUT2D eigenvalue weighted by molar-refractivity contribution is 14.1. The van der Waals surface area contributed by atoms with Crippen molar-refractivity contribution in [3.63, 3.8) is 0 Å². The van der Waals surface area contributed by atoms with E-state index in [-0.39, 0.29) is 0 Å². The number of hydrogen-bond donors (Lipinski definition) is 0. The fraction of sp³-hybridized carbons (Fsp3) is 0.333. The van der Waals surface area contributed by atoms with Crippen LogP contribution in [0.3, 0.4) is 0 Å². The molecule has 12 heavy (non-hydrogen) atoms. The van der Waals surface area contributed by atoms with E-state index in [4.69, 9.17) is 5.26 Å². The zero-order chi connectivity index (χ0) is 8.97. The van der Waals surface area contributed by atoms with Crippen molar-refractivity contribution < 1.29 is 0 Å². The van der Waals surface area contributed by atoms with Gasteiger partial charge < -0.3 is 0 Å². The standard InChI is InChI=1S/C9H9IN2/c1-7(10)5-8-3-2-4-9(6-11)12-8/h2-4,7H,5H2,1H3. The summed E-state index contributed by atoms with van der Waals surface area (Å²) in [6.07, 6.45) is 0.927. The summed E-state index contributed by atoms with van der Waals surface area (Å²) in [5.74, 6) is 0. The molecule has 0 N–H and O–H groups in total. The maximum Gasteiger partial charge on any atom is 0.140 e. The van der Waals surface area contributed by atoms with Crippen molar-refractivity contribution in [1.82, 2.24) is 4.98 Å². The Balaban J connectivity index is 2.81. The Kier molecular flexibility index (Phi) is 3.48. The number of halogens is 1. The molecule has 1 heterocycles. The first-order chi connectivity index (χ1) is 5.72. The van der Waals surface area contributed by atoms with Crippen LogP contribution in [-0.2, 0) is 6.42 Å². The van der Waals surface area contributed by atoms with Gasteiger partial charge in [0.1, 0.15) is 11.8 Å². The van der Waals surface area contributed by atoms with Crippen LogP contribution in [0.2, 0.25) is 0 Å². The topological polar surface area (TPSA) is 36.7 Å². The van der Waals surface area contributed by atoms with Crippen molar-refractivity contribution in [1.29, 1.82) is 5.26 Å². The molecule has 3 heteroatoms. The Morgan fingerprint density at radius 3 is 3.00 bits per heavy atom. The molecular weight excluding hydrogens is 263 g/mol. The Hall–Kier alpha value is -0.630. The van der Waals surface area contributed by atoms with Crippen molar-refractivity contribution in [2.45, 2.75) is 17.3 Å². The highest BCUT2D eigenvalue weighted by Crippen LogP contribution is 2.07. The van der Waals surface area contributed by atoms with E-state index < -0.39 is 0 Å². The largest absolute Gasteiger partial charge is 0.242 e. The molecule has 1 unspecified atom stereocenters. The molecule has 0 aliphatic carbocycles. The van der Waals surface area contributed by atoms with Crippen LogP contribution in [0.5, 0.6) is 0 Å². The average Bonchev–Trinajstić information content (AvgIpc) is 2.03. The molecule has 0 aromatic carbocycles. The van der Waals surface area contributed by atoms with Crippen molar-refractivity contribution in [2.75, 3.05) is 0 Å². The molecule has 1 rings (SSSR count). The minimum atomic E-state index is 0.504. The lowest BCUT2D eigenvalue weighted by molar-refractivity contribution is 0.923. The van der Waals surface area contributed by atoms with Gasteiger partial charge in [-0.05, 0) is 12.1 Å². The maximum absolute atomic E-state index is 8.58.